The van der Waals surface area contributed by atoms with Crippen molar-refractivity contribution in [1.82, 2.24) is 0 Å². The number of aliphatic carboxylic acids is 1. The van der Waals surface area contributed by atoms with Gasteiger partial charge in [-0.15, -0.1) is 0 Å². The number of rotatable bonds is 4. The standard InChI is InChI=1S/C15H19NO5S/c1-9-6-12-8-13(4-5-14(12)16(9)11(3)17)22(20,21)10(2)7-15(18)19/h4-5,8-10H,6-7H2,1-3H3,(H,18,19). The molecule has 0 saturated heterocycles. The van der Waals surface area contributed by atoms with Crippen molar-refractivity contribution in [3.8, 4) is 0 Å². The van der Waals surface area contributed by atoms with Crippen molar-refractivity contribution in [1.29, 1.82) is 0 Å². The van der Waals surface area contributed by atoms with Crippen molar-refractivity contribution in [2.75, 3.05) is 4.90 Å². The number of fused-ring (bicyclic) bond motifs is 1. The van der Waals surface area contributed by atoms with E-state index in [1.807, 2.05) is 6.92 Å². The SMILES string of the molecule is CC(=O)N1c2ccc(S(=O)(=O)C(C)CC(=O)O)cc2CC1C. The highest BCUT2D eigenvalue weighted by atomic mass is 32.2. The molecule has 1 aliphatic heterocycles. The number of carboxylic acid groups (broad SMARTS) is 1. The van der Waals surface area contributed by atoms with Gasteiger partial charge in [-0.2, -0.15) is 0 Å². The molecule has 7 heteroatoms. The van der Waals surface area contributed by atoms with Crippen molar-refractivity contribution in [2.24, 2.45) is 0 Å². The number of carbonyl (C=O) groups excluding carboxylic acids is 1. The van der Waals surface area contributed by atoms with E-state index >= 15 is 0 Å². The van der Waals surface area contributed by atoms with E-state index in [1.165, 1.54) is 19.9 Å². The Hall–Kier alpha value is -1.89. The molecule has 1 heterocycles. The van der Waals surface area contributed by atoms with Crippen LogP contribution in [0.4, 0.5) is 5.69 Å². The van der Waals surface area contributed by atoms with E-state index in [4.69, 9.17) is 5.11 Å². The lowest BCUT2D eigenvalue weighted by atomic mass is 10.1. The Bertz CT molecular complexity index is 725. The summed E-state index contributed by atoms with van der Waals surface area (Å²) in [4.78, 5) is 24.2. The lowest BCUT2D eigenvalue weighted by Crippen LogP contribution is -2.33. The van der Waals surface area contributed by atoms with Crippen LogP contribution in [0.15, 0.2) is 23.1 Å². The predicted molar refractivity (Wildman–Crippen MR) is 81.7 cm³/mol. The Morgan fingerprint density at radius 3 is 2.59 bits per heavy atom. The summed E-state index contributed by atoms with van der Waals surface area (Å²) in [6, 6.07) is 4.62. The first-order chi connectivity index (χ1) is 10.1. The minimum Gasteiger partial charge on any atom is -0.481 e. The molecule has 0 aromatic heterocycles. The van der Waals surface area contributed by atoms with Crippen LogP contribution in [0.2, 0.25) is 0 Å². The lowest BCUT2D eigenvalue weighted by molar-refractivity contribution is -0.137. The number of carbonyl (C=O) groups is 2. The molecule has 1 N–H and O–H groups in total. The van der Waals surface area contributed by atoms with E-state index in [2.05, 4.69) is 0 Å². The number of anilines is 1. The first-order valence-corrected chi connectivity index (χ1v) is 8.57. The zero-order valence-electron chi connectivity index (χ0n) is 12.7. The van der Waals surface area contributed by atoms with Crippen LogP contribution in [0.3, 0.4) is 0 Å². The van der Waals surface area contributed by atoms with Gasteiger partial charge in [0.2, 0.25) is 5.91 Å². The minimum absolute atomic E-state index is 0.0121. The lowest BCUT2D eigenvalue weighted by Gasteiger charge is -2.20. The third-order valence-corrected chi connectivity index (χ3v) is 6.06. The molecule has 22 heavy (non-hydrogen) atoms. The summed E-state index contributed by atoms with van der Waals surface area (Å²) in [6.07, 6.45) is 0.154. The van der Waals surface area contributed by atoms with E-state index in [1.54, 1.807) is 17.0 Å². The smallest absolute Gasteiger partial charge is 0.304 e. The third kappa shape index (κ3) is 2.85. The number of sulfone groups is 1. The van der Waals surface area contributed by atoms with Crippen molar-refractivity contribution >= 4 is 27.4 Å². The Kier molecular flexibility index (Phi) is 4.28. The van der Waals surface area contributed by atoms with Crippen LogP contribution in [-0.2, 0) is 25.8 Å². The number of benzene rings is 1. The van der Waals surface area contributed by atoms with E-state index in [0.29, 0.717) is 6.42 Å². The fraction of sp³-hybridized carbons (Fsp3) is 0.467. The van der Waals surface area contributed by atoms with Crippen molar-refractivity contribution in [3.63, 3.8) is 0 Å². The molecule has 2 unspecified atom stereocenters. The van der Waals surface area contributed by atoms with Crippen LogP contribution in [0, 0.1) is 0 Å². The highest BCUT2D eigenvalue weighted by Crippen LogP contribution is 2.34. The highest BCUT2D eigenvalue weighted by molar-refractivity contribution is 7.92. The molecule has 1 aromatic carbocycles. The molecule has 1 amide bonds. The van der Waals surface area contributed by atoms with E-state index in [0.717, 1.165) is 11.3 Å². The quantitative estimate of drug-likeness (QED) is 0.908. The highest BCUT2D eigenvalue weighted by Gasteiger charge is 2.32. The monoisotopic (exact) mass is 325 g/mol. The first kappa shape index (κ1) is 16.5. The predicted octanol–water partition coefficient (Wildman–Crippen LogP) is 1.62. The molecular formula is C15H19NO5S. The van der Waals surface area contributed by atoms with Gasteiger partial charge in [0.05, 0.1) is 16.6 Å². The fourth-order valence-corrected chi connectivity index (χ4v) is 4.24. The molecule has 6 nitrogen and oxygen atoms in total. The Morgan fingerprint density at radius 1 is 1.41 bits per heavy atom. The second kappa shape index (κ2) is 5.72. The van der Waals surface area contributed by atoms with Gasteiger partial charge >= 0.3 is 5.97 Å². The number of carboxylic acids is 1. The zero-order chi connectivity index (χ0) is 16.7. The molecule has 1 aromatic rings. The second-order valence-electron chi connectivity index (χ2n) is 5.69. The van der Waals surface area contributed by atoms with Crippen molar-refractivity contribution < 1.29 is 23.1 Å². The Labute approximate surface area is 129 Å². The van der Waals surface area contributed by atoms with Crippen LogP contribution in [0.1, 0.15) is 32.8 Å². The summed E-state index contributed by atoms with van der Waals surface area (Å²) < 4.78 is 24.8. The van der Waals surface area contributed by atoms with Crippen LogP contribution in [-0.4, -0.2) is 36.7 Å². The summed E-state index contributed by atoms with van der Waals surface area (Å²) in [5, 5.41) is 7.78. The molecular weight excluding hydrogens is 306 g/mol. The van der Waals surface area contributed by atoms with Crippen LogP contribution >= 0.6 is 0 Å². The summed E-state index contributed by atoms with van der Waals surface area (Å²) >= 11 is 0. The van der Waals surface area contributed by atoms with Gasteiger partial charge in [-0.1, -0.05) is 0 Å². The molecule has 0 aliphatic carbocycles. The van der Waals surface area contributed by atoms with E-state index in [-0.39, 0.29) is 16.8 Å². The number of hydrogen-bond donors (Lipinski definition) is 1. The molecule has 0 radical (unpaired) electrons. The van der Waals surface area contributed by atoms with Gasteiger partial charge in [0.15, 0.2) is 9.84 Å². The van der Waals surface area contributed by atoms with Gasteiger partial charge in [-0.25, -0.2) is 8.42 Å². The number of hydrogen-bond acceptors (Lipinski definition) is 4. The van der Waals surface area contributed by atoms with Crippen LogP contribution in [0.25, 0.3) is 0 Å². The fourth-order valence-electron chi connectivity index (χ4n) is 2.85. The average Bonchev–Trinajstić information content (AvgIpc) is 2.72. The van der Waals surface area contributed by atoms with Gasteiger partial charge in [-0.3, -0.25) is 9.59 Å². The average molecular weight is 325 g/mol. The van der Waals surface area contributed by atoms with Gasteiger partial charge in [0.1, 0.15) is 0 Å². The molecule has 1 aliphatic rings. The van der Waals surface area contributed by atoms with Crippen LogP contribution in [0.5, 0.6) is 0 Å². The summed E-state index contributed by atoms with van der Waals surface area (Å²) in [5.41, 5.74) is 1.52. The molecule has 0 spiro atoms. The Morgan fingerprint density at radius 2 is 2.05 bits per heavy atom. The molecule has 0 saturated carbocycles. The second-order valence-corrected chi connectivity index (χ2v) is 8.05. The van der Waals surface area contributed by atoms with Gasteiger partial charge in [0, 0.05) is 18.7 Å². The maximum Gasteiger partial charge on any atom is 0.304 e. The summed E-state index contributed by atoms with van der Waals surface area (Å²) in [6.45, 7) is 4.77. The van der Waals surface area contributed by atoms with Crippen molar-refractivity contribution in [2.45, 2.75) is 49.8 Å². The molecule has 2 atom stereocenters. The minimum atomic E-state index is -3.70. The Balaban J connectivity index is 2.39. The summed E-state index contributed by atoms with van der Waals surface area (Å²) in [7, 11) is -3.70. The van der Waals surface area contributed by atoms with Crippen LogP contribution < -0.4 is 4.90 Å². The topological polar surface area (TPSA) is 91.8 Å². The van der Waals surface area contributed by atoms with Gasteiger partial charge in [0.25, 0.3) is 0 Å². The van der Waals surface area contributed by atoms with Crippen molar-refractivity contribution in [3.05, 3.63) is 23.8 Å². The van der Waals surface area contributed by atoms with E-state index < -0.39 is 27.5 Å². The first-order valence-electron chi connectivity index (χ1n) is 7.03. The van der Waals surface area contributed by atoms with E-state index in [9.17, 15) is 18.0 Å². The molecule has 2 rings (SSSR count). The third-order valence-electron chi connectivity index (χ3n) is 3.93. The van der Waals surface area contributed by atoms with Gasteiger partial charge < -0.3 is 10.0 Å². The zero-order valence-corrected chi connectivity index (χ0v) is 13.6. The maximum absolute atomic E-state index is 12.4. The largest absolute Gasteiger partial charge is 0.481 e. The number of amides is 1. The molecule has 0 bridgehead atoms. The van der Waals surface area contributed by atoms with Gasteiger partial charge in [-0.05, 0) is 44.0 Å². The normalized spacial score (nSPS) is 18.9. The number of nitrogens with zero attached hydrogens (tertiary/aromatic N) is 1. The summed E-state index contributed by atoms with van der Waals surface area (Å²) in [5.74, 6) is -1.23. The maximum atomic E-state index is 12.4. The molecule has 0 fully saturated rings. The molecule has 120 valence electrons.